The molecule has 2 atom stereocenters. The Labute approximate surface area is 98.6 Å². The van der Waals surface area contributed by atoms with Crippen LogP contribution in [0.25, 0.3) is 0 Å². The van der Waals surface area contributed by atoms with Crippen LogP contribution < -0.4 is 0 Å². The zero-order valence-corrected chi connectivity index (χ0v) is 9.37. The maximum atomic E-state index is 11.5. The van der Waals surface area contributed by atoms with Crippen LogP contribution >= 0.6 is 0 Å². The molecule has 1 heterocycles. The molecule has 1 N–H and O–H groups in total. The molecule has 5 nitrogen and oxygen atoms in total. The van der Waals surface area contributed by atoms with Crippen molar-refractivity contribution >= 4 is 11.9 Å². The van der Waals surface area contributed by atoms with E-state index in [9.17, 15) is 9.59 Å². The average Bonchev–Trinajstić information content (AvgIpc) is 2.74. The van der Waals surface area contributed by atoms with Gasteiger partial charge in [-0.3, -0.25) is 9.69 Å². The van der Waals surface area contributed by atoms with Crippen molar-refractivity contribution in [2.45, 2.75) is 19.2 Å². The number of benzene rings is 1. The fraction of sp³-hybridized carbons (Fsp3) is 0.333. The summed E-state index contributed by atoms with van der Waals surface area (Å²) in [4.78, 5) is 23.8. The number of carbonyl (C=O) groups is 2. The number of hydrogen-bond acceptors (Lipinski definition) is 3. The first-order valence-corrected chi connectivity index (χ1v) is 5.29. The number of rotatable bonds is 2. The van der Waals surface area contributed by atoms with Gasteiger partial charge in [0, 0.05) is 12.5 Å². The van der Waals surface area contributed by atoms with Gasteiger partial charge < -0.3 is 9.84 Å². The van der Waals surface area contributed by atoms with Crippen molar-refractivity contribution in [2.24, 2.45) is 0 Å². The molecule has 90 valence electrons. The van der Waals surface area contributed by atoms with Crippen LogP contribution in [0.2, 0.25) is 0 Å². The van der Waals surface area contributed by atoms with Crippen molar-refractivity contribution < 1.29 is 19.4 Å². The summed E-state index contributed by atoms with van der Waals surface area (Å²) in [5.74, 6) is -1.35. The zero-order chi connectivity index (χ0) is 12.4. The van der Waals surface area contributed by atoms with Crippen LogP contribution in [-0.2, 0) is 14.3 Å². The maximum Gasteiger partial charge on any atom is 0.328 e. The second-order valence-corrected chi connectivity index (χ2v) is 3.88. The smallest absolute Gasteiger partial charge is 0.328 e. The number of carbonyl (C=O) groups excluding carboxylic acids is 1. The van der Waals surface area contributed by atoms with E-state index in [1.165, 1.54) is 11.8 Å². The lowest BCUT2D eigenvalue weighted by Gasteiger charge is -2.24. The SMILES string of the molecule is CC(=O)N1C(c2ccccc2)OC[C@H]1C(=O)O. The summed E-state index contributed by atoms with van der Waals surface area (Å²) >= 11 is 0. The molecule has 1 saturated heterocycles. The highest BCUT2D eigenvalue weighted by Gasteiger charge is 2.41. The van der Waals surface area contributed by atoms with E-state index in [4.69, 9.17) is 9.84 Å². The number of amides is 1. The second kappa shape index (κ2) is 4.55. The fourth-order valence-corrected chi connectivity index (χ4v) is 1.96. The van der Waals surface area contributed by atoms with Gasteiger partial charge in [-0.1, -0.05) is 30.3 Å². The lowest BCUT2D eigenvalue weighted by atomic mass is 10.1. The Bertz CT molecular complexity index is 431. The molecule has 0 saturated carbocycles. The van der Waals surface area contributed by atoms with Crippen LogP contribution in [0.5, 0.6) is 0 Å². The number of nitrogens with zero attached hydrogens (tertiary/aromatic N) is 1. The van der Waals surface area contributed by atoms with Gasteiger partial charge in [-0.25, -0.2) is 4.79 Å². The summed E-state index contributed by atoms with van der Waals surface area (Å²) in [6.07, 6.45) is -0.602. The van der Waals surface area contributed by atoms with Crippen molar-refractivity contribution in [3.63, 3.8) is 0 Å². The van der Waals surface area contributed by atoms with Crippen molar-refractivity contribution in [3.8, 4) is 0 Å². The average molecular weight is 235 g/mol. The summed E-state index contributed by atoms with van der Waals surface area (Å²) < 4.78 is 5.41. The summed E-state index contributed by atoms with van der Waals surface area (Å²) in [6, 6.07) is 8.22. The first kappa shape index (κ1) is 11.6. The highest BCUT2D eigenvalue weighted by molar-refractivity contribution is 5.83. The van der Waals surface area contributed by atoms with Crippen LogP contribution in [-0.4, -0.2) is 34.5 Å². The van der Waals surface area contributed by atoms with E-state index >= 15 is 0 Å². The van der Waals surface area contributed by atoms with Crippen LogP contribution in [0, 0.1) is 0 Å². The van der Waals surface area contributed by atoms with Crippen molar-refractivity contribution in [1.29, 1.82) is 0 Å². The Morgan fingerprint density at radius 2 is 2.00 bits per heavy atom. The Hall–Kier alpha value is -1.88. The van der Waals surface area contributed by atoms with Gasteiger partial charge in [-0.2, -0.15) is 0 Å². The Kier molecular flexibility index (Phi) is 3.10. The molecule has 0 bridgehead atoms. The minimum atomic E-state index is -1.04. The molecule has 1 unspecified atom stereocenters. The highest BCUT2D eigenvalue weighted by Crippen LogP contribution is 2.30. The summed E-state index contributed by atoms with van der Waals surface area (Å²) in [6.45, 7) is 1.37. The topological polar surface area (TPSA) is 66.8 Å². The molecule has 2 rings (SSSR count). The molecule has 0 aromatic heterocycles. The molecule has 1 amide bonds. The third-order valence-corrected chi connectivity index (χ3v) is 2.73. The van der Waals surface area contributed by atoms with Gasteiger partial charge in [0.25, 0.3) is 0 Å². The molecule has 1 aromatic rings. The van der Waals surface area contributed by atoms with Crippen molar-refractivity contribution in [3.05, 3.63) is 35.9 Å². The molecule has 0 radical (unpaired) electrons. The molecule has 1 fully saturated rings. The Morgan fingerprint density at radius 1 is 1.35 bits per heavy atom. The molecule has 0 aliphatic carbocycles. The maximum absolute atomic E-state index is 11.5. The molecular formula is C12H13NO4. The van der Waals surface area contributed by atoms with E-state index in [1.54, 1.807) is 0 Å². The number of aliphatic carboxylic acids is 1. The van der Waals surface area contributed by atoms with E-state index in [0.29, 0.717) is 0 Å². The van der Waals surface area contributed by atoms with E-state index in [1.807, 2.05) is 30.3 Å². The van der Waals surface area contributed by atoms with E-state index < -0.39 is 18.2 Å². The monoisotopic (exact) mass is 235 g/mol. The number of ether oxygens (including phenoxy) is 1. The van der Waals surface area contributed by atoms with E-state index in [-0.39, 0.29) is 12.5 Å². The largest absolute Gasteiger partial charge is 0.480 e. The van der Waals surface area contributed by atoms with Gasteiger partial charge in [0.1, 0.15) is 0 Å². The van der Waals surface area contributed by atoms with Gasteiger partial charge in [0.15, 0.2) is 12.3 Å². The molecule has 17 heavy (non-hydrogen) atoms. The first-order valence-electron chi connectivity index (χ1n) is 5.29. The highest BCUT2D eigenvalue weighted by atomic mass is 16.5. The van der Waals surface area contributed by atoms with Crippen molar-refractivity contribution in [2.75, 3.05) is 6.61 Å². The quantitative estimate of drug-likeness (QED) is 0.831. The van der Waals surface area contributed by atoms with Crippen LogP contribution in [0.3, 0.4) is 0 Å². The first-order chi connectivity index (χ1) is 8.11. The molecule has 1 aliphatic heterocycles. The van der Waals surface area contributed by atoms with Crippen molar-refractivity contribution in [1.82, 2.24) is 4.90 Å². The molecule has 1 aliphatic rings. The minimum absolute atomic E-state index is 0.0223. The van der Waals surface area contributed by atoms with Gasteiger partial charge in [0.2, 0.25) is 5.91 Å². The van der Waals surface area contributed by atoms with Gasteiger partial charge in [-0.05, 0) is 0 Å². The van der Waals surface area contributed by atoms with Crippen LogP contribution in [0.4, 0.5) is 0 Å². The summed E-state index contributed by atoms with van der Waals surface area (Å²) in [7, 11) is 0. The van der Waals surface area contributed by atoms with Crippen LogP contribution in [0.1, 0.15) is 18.7 Å². The van der Waals surface area contributed by atoms with Crippen LogP contribution in [0.15, 0.2) is 30.3 Å². The molecular weight excluding hydrogens is 222 g/mol. The number of carboxylic acids is 1. The number of carboxylic acid groups (broad SMARTS) is 1. The predicted octanol–water partition coefficient (Wildman–Crippen LogP) is 1.02. The molecule has 0 spiro atoms. The minimum Gasteiger partial charge on any atom is -0.480 e. The lowest BCUT2D eigenvalue weighted by molar-refractivity contribution is -0.149. The second-order valence-electron chi connectivity index (χ2n) is 3.88. The fourth-order valence-electron chi connectivity index (χ4n) is 1.96. The van der Waals surface area contributed by atoms with Gasteiger partial charge in [-0.15, -0.1) is 0 Å². The molecule has 1 aromatic carbocycles. The normalized spacial score (nSPS) is 23.7. The summed E-state index contributed by atoms with van der Waals surface area (Å²) in [5, 5.41) is 9.02. The lowest BCUT2D eigenvalue weighted by Crippen LogP contribution is -2.41. The Morgan fingerprint density at radius 3 is 2.53 bits per heavy atom. The predicted molar refractivity (Wildman–Crippen MR) is 59.1 cm³/mol. The third-order valence-electron chi connectivity index (χ3n) is 2.73. The standard InChI is InChI=1S/C12H13NO4/c1-8(14)13-10(12(15)16)7-17-11(13)9-5-3-2-4-6-9/h2-6,10-11H,7H2,1H3,(H,15,16)/t10-,11?/m0/s1. The molecule has 5 heteroatoms. The third kappa shape index (κ3) is 2.14. The van der Waals surface area contributed by atoms with Gasteiger partial charge in [0.05, 0.1) is 6.61 Å². The van der Waals surface area contributed by atoms with E-state index in [0.717, 1.165) is 5.56 Å². The van der Waals surface area contributed by atoms with Gasteiger partial charge >= 0.3 is 5.97 Å². The number of hydrogen-bond donors (Lipinski definition) is 1. The van der Waals surface area contributed by atoms with E-state index in [2.05, 4.69) is 0 Å². The summed E-state index contributed by atoms with van der Waals surface area (Å²) in [5.41, 5.74) is 0.784. The Balaban J connectivity index is 2.30. The zero-order valence-electron chi connectivity index (χ0n) is 9.37.